The third kappa shape index (κ3) is 6.87. The van der Waals surface area contributed by atoms with Gasteiger partial charge in [-0.3, -0.25) is 4.98 Å². The summed E-state index contributed by atoms with van der Waals surface area (Å²) >= 11 is 0. The fourth-order valence-electron chi connectivity index (χ4n) is 6.92. The van der Waals surface area contributed by atoms with Gasteiger partial charge in [0, 0.05) is 42.8 Å². The van der Waals surface area contributed by atoms with E-state index in [2.05, 4.69) is 52.8 Å². The molecule has 1 aliphatic carbocycles. The normalized spacial score (nSPS) is 21.2. The predicted octanol–water partition coefficient (Wildman–Crippen LogP) is 8.36. The standard InChI is InChI=1S/C33H44F3N3/c1-26(39-20-6-3-7-21-39)28-9-11-29(12-10-28)30-13-15-31(37-24-30)14-8-27-16-22-38(23-17-27)25-32(33(34,35)36)18-4-2-5-19-32/h9-13,15,24,27H,1-8,14,16-23,25H2. The molecule has 0 radical (unpaired) electrons. The maximum absolute atomic E-state index is 14.0. The predicted molar refractivity (Wildman–Crippen MR) is 153 cm³/mol. The van der Waals surface area contributed by atoms with Crippen LogP contribution in [0.5, 0.6) is 0 Å². The molecule has 2 aromatic rings. The Kier molecular flexibility index (Phi) is 9.00. The summed E-state index contributed by atoms with van der Waals surface area (Å²) in [5.74, 6) is 0.566. The number of rotatable bonds is 8. The first-order valence-corrected chi connectivity index (χ1v) is 15.1. The summed E-state index contributed by atoms with van der Waals surface area (Å²) in [5.41, 5.74) is 4.19. The van der Waals surface area contributed by atoms with Crippen molar-refractivity contribution >= 4 is 5.70 Å². The SMILES string of the molecule is C=C(c1ccc(-c2ccc(CCC3CCN(CC4(C(F)(F)F)CCCCC4)CC3)nc2)cc1)N1CCCCC1. The van der Waals surface area contributed by atoms with Gasteiger partial charge in [0.1, 0.15) is 0 Å². The van der Waals surface area contributed by atoms with Gasteiger partial charge in [-0.2, -0.15) is 13.2 Å². The molecule has 3 fully saturated rings. The molecule has 2 aliphatic heterocycles. The summed E-state index contributed by atoms with van der Waals surface area (Å²) in [4.78, 5) is 9.23. The number of pyridine rings is 1. The van der Waals surface area contributed by atoms with Crippen molar-refractivity contribution in [1.29, 1.82) is 0 Å². The van der Waals surface area contributed by atoms with Crippen molar-refractivity contribution < 1.29 is 13.2 Å². The minimum atomic E-state index is -4.09. The van der Waals surface area contributed by atoms with Gasteiger partial charge in [0.25, 0.3) is 0 Å². The van der Waals surface area contributed by atoms with E-state index in [4.69, 9.17) is 4.98 Å². The molecule has 3 nitrogen and oxygen atoms in total. The van der Waals surface area contributed by atoms with Crippen LogP contribution in [0.4, 0.5) is 13.2 Å². The van der Waals surface area contributed by atoms with Gasteiger partial charge in [-0.15, -0.1) is 0 Å². The van der Waals surface area contributed by atoms with E-state index >= 15 is 0 Å². The fraction of sp³-hybridized carbons (Fsp3) is 0.606. The zero-order valence-corrected chi connectivity index (χ0v) is 23.3. The molecule has 2 saturated heterocycles. The average molecular weight is 540 g/mol. The van der Waals surface area contributed by atoms with E-state index in [1.54, 1.807) is 0 Å². The van der Waals surface area contributed by atoms with Crippen LogP contribution in [0.1, 0.15) is 81.9 Å². The van der Waals surface area contributed by atoms with Gasteiger partial charge < -0.3 is 9.80 Å². The van der Waals surface area contributed by atoms with E-state index in [9.17, 15) is 13.2 Å². The third-order valence-corrected chi connectivity index (χ3v) is 9.57. The van der Waals surface area contributed by atoms with Crippen LogP contribution in [0.15, 0.2) is 49.2 Å². The van der Waals surface area contributed by atoms with Crippen LogP contribution in [0.2, 0.25) is 0 Å². The molecule has 3 heterocycles. The number of halogens is 3. The summed E-state index contributed by atoms with van der Waals surface area (Å²) in [5, 5.41) is 0. The number of likely N-dealkylation sites (tertiary alicyclic amines) is 2. The monoisotopic (exact) mass is 539 g/mol. The zero-order chi connectivity index (χ0) is 27.3. The lowest BCUT2D eigenvalue weighted by Gasteiger charge is -2.44. The highest BCUT2D eigenvalue weighted by atomic mass is 19.4. The van der Waals surface area contributed by atoms with Gasteiger partial charge in [0.05, 0.1) is 5.41 Å². The Bertz CT molecular complexity index is 1060. The van der Waals surface area contributed by atoms with Gasteiger partial charge >= 0.3 is 6.18 Å². The number of benzene rings is 1. The number of hydrogen-bond acceptors (Lipinski definition) is 3. The number of hydrogen-bond donors (Lipinski definition) is 0. The fourth-order valence-corrected chi connectivity index (χ4v) is 6.92. The Morgan fingerprint density at radius 1 is 0.846 bits per heavy atom. The quantitative estimate of drug-likeness (QED) is 0.336. The Morgan fingerprint density at radius 3 is 2.10 bits per heavy atom. The third-order valence-electron chi connectivity index (χ3n) is 9.57. The molecule has 1 aromatic heterocycles. The highest BCUT2D eigenvalue weighted by Gasteiger charge is 2.55. The second-order valence-electron chi connectivity index (χ2n) is 12.2. The number of nitrogens with zero attached hydrogens (tertiary/aromatic N) is 3. The van der Waals surface area contributed by atoms with Gasteiger partial charge in [0.15, 0.2) is 0 Å². The molecular weight excluding hydrogens is 495 g/mol. The van der Waals surface area contributed by atoms with Crippen LogP contribution in [0.3, 0.4) is 0 Å². The lowest BCUT2D eigenvalue weighted by Crippen LogP contribution is -2.50. The average Bonchev–Trinajstić information content (AvgIpc) is 2.97. The van der Waals surface area contributed by atoms with Gasteiger partial charge in [-0.1, -0.05) is 56.2 Å². The Hall–Kier alpha value is -2.34. The van der Waals surface area contributed by atoms with Gasteiger partial charge in [-0.05, 0) is 94.0 Å². The van der Waals surface area contributed by atoms with E-state index in [-0.39, 0.29) is 6.54 Å². The molecule has 0 N–H and O–H groups in total. The number of aromatic nitrogens is 1. The van der Waals surface area contributed by atoms with E-state index in [1.165, 1.54) is 24.8 Å². The van der Waals surface area contributed by atoms with E-state index < -0.39 is 11.6 Å². The van der Waals surface area contributed by atoms with Gasteiger partial charge in [-0.25, -0.2) is 0 Å². The topological polar surface area (TPSA) is 19.4 Å². The van der Waals surface area contributed by atoms with Crippen LogP contribution in [-0.4, -0.2) is 53.7 Å². The second-order valence-corrected chi connectivity index (χ2v) is 12.2. The molecule has 1 aromatic carbocycles. The van der Waals surface area contributed by atoms with Crippen LogP contribution < -0.4 is 0 Å². The first kappa shape index (κ1) is 28.2. The van der Waals surface area contributed by atoms with Crippen molar-refractivity contribution in [2.45, 2.75) is 83.2 Å². The molecule has 0 unspecified atom stereocenters. The van der Waals surface area contributed by atoms with Crippen LogP contribution in [0.25, 0.3) is 16.8 Å². The van der Waals surface area contributed by atoms with Crippen molar-refractivity contribution in [2.24, 2.45) is 11.3 Å². The summed E-state index contributed by atoms with van der Waals surface area (Å²) in [6.45, 7) is 8.30. The van der Waals surface area contributed by atoms with E-state index in [0.717, 1.165) is 80.8 Å². The molecule has 1 saturated carbocycles. The van der Waals surface area contributed by atoms with Crippen molar-refractivity contribution in [3.8, 4) is 11.1 Å². The van der Waals surface area contributed by atoms with Crippen molar-refractivity contribution in [3.05, 3.63) is 60.4 Å². The van der Waals surface area contributed by atoms with Crippen molar-refractivity contribution in [3.63, 3.8) is 0 Å². The first-order valence-electron chi connectivity index (χ1n) is 15.1. The Morgan fingerprint density at radius 2 is 1.49 bits per heavy atom. The maximum Gasteiger partial charge on any atom is 0.395 e. The molecule has 0 amide bonds. The number of alkyl halides is 3. The molecule has 0 spiro atoms. The Balaban J connectivity index is 1.08. The van der Waals surface area contributed by atoms with Crippen LogP contribution >= 0.6 is 0 Å². The van der Waals surface area contributed by atoms with Crippen LogP contribution in [0, 0.1) is 11.3 Å². The van der Waals surface area contributed by atoms with Gasteiger partial charge in [0.2, 0.25) is 0 Å². The molecule has 212 valence electrons. The minimum absolute atomic E-state index is 0.194. The smallest absolute Gasteiger partial charge is 0.372 e. The van der Waals surface area contributed by atoms with E-state index in [1.807, 2.05) is 6.20 Å². The molecular formula is C33H44F3N3. The lowest BCUT2D eigenvalue weighted by atomic mass is 9.72. The zero-order valence-electron chi connectivity index (χ0n) is 23.3. The summed E-state index contributed by atoms with van der Waals surface area (Å²) in [7, 11) is 0. The summed E-state index contributed by atoms with van der Waals surface area (Å²) in [6, 6.07) is 12.9. The molecule has 0 atom stereocenters. The molecule has 3 aliphatic rings. The maximum atomic E-state index is 14.0. The first-order chi connectivity index (χ1) is 18.8. The second kappa shape index (κ2) is 12.4. The molecule has 5 rings (SSSR count). The largest absolute Gasteiger partial charge is 0.395 e. The Labute approximate surface area is 232 Å². The number of aryl methyl sites for hydroxylation is 1. The molecule has 6 heteroatoms. The summed E-state index contributed by atoms with van der Waals surface area (Å²) in [6.07, 6.45) is 8.60. The molecule has 0 bridgehead atoms. The highest BCUT2D eigenvalue weighted by molar-refractivity contribution is 5.68. The van der Waals surface area contributed by atoms with Crippen LogP contribution in [-0.2, 0) is 6.42 Å². The summed E-state index contributed by atoms with van der Waals surface area (Å²) < 4.78 is 41.9. The van der Waals surface area contributed by atoms with E-state index in [0.29, 0.717) is 31.6 Å². The minimum Gasteiger partial charge on any atom is -0.372 e. The number of piperidine rings is 2. The lowest BCUT2D eigenvalue weighted by molar-refractivity contribution is -0.240. The van der Waals surface area contributed by atoms with Crippen molar-refractivity contribution in [1.82, 2.24) is 14.8 Å². The molecule has 39 heavy (non-hydrogen) atoms. The highest BCUT2D eigenvalue weighted by Crippen LogP contribution is 2.49. The van der Waals surface area contributed by atoms with Crippen molar-refractivity contribution in [2.75, 3.05) is 32.7 Å².